The van der Waals surface area contributed by atoms with Crippen LogP contribution in [0, 0.1) is 5.41 Å². The molecule has 0 radical (unpaired) electrons. The molecule has 2 nitrogen and oxygen atoms in total. The summed E-state index contributed by atoms with van der Waals surface area (Å²) in [6.07, 6.45) is -3.15. The molecule has 0 saturated carbocycles. The van der Waals surface area contributed by atoms with Crippen molar-refractivity contribution in [3.05, 3.63) is 0 Å². The molecule has 5 heteroatoms. The van der Waals surface area contributed by atoms with Crippen LogP contribution in [-0.4, -0.2) is 31.3 Å². The van der Waals surface area contributed by atoms with Gasteiger partial charge in [-0.25, -0.2) is 0 Å². The van der Waals surface area contributed by atoms with E-state index in [-0.39, 0.29) is 11.0 Å². The van der Waals surface area contributed by atoms with Crippen LogP contribution in [0.15, 0.2) is 0 Å². The van der Waals surface area contributed by atoms with E-state index in [0.717, 1.165) is 6.42 Å². The maximum Gasteiger partial charge on any atom is 0.401 e. The Kier molecular flexibility index (Phi) is 5.94. The molecule has 0 spiro atoms. The molecule has 0 unspecified atom stereocenters. The average Bonchev–Trinajstić information content (AvgIpc) is 1.95. The smallest absolute Gasteiger partial charge is 0.311 e. The Morgan fingerprint density at radius 2 is 1.41 bits per heavy atom. The van der Waals surface area contributed by atoms with E-state index in [9.17, 15) is 13.2 Å². The second-order valence-electron chi connectivity index (χ2n) is 6.34. The molecule has 0 fully saturated rings. The van der Waals surface area contributed by atoms with Gasteiger partial charge in [0.1, 0.15) is 0 Å². The molecule has 2 N–H and O–H groups in total. The van der Waals surface area contributed by atoms with Crippen LogP contribution in [0.4, 0.5) is 13.2 Å². The number of hydrogen-bond donors (Lipinski definition) is 2. The summed E-state index contributed by atoms with van der Waals surface area (Å²) in [5, 5.41) is 5.65. The van der Waals surface area contributed by atoms with Crippen LogP contribution >= 0.6 is 0 Å². The predicted molar refractivity (Wildman–Crippen MR) is 65.1 cm³/mol. The SMILES string of the molecule is CC(C)(C)CC(C)(C)NCCNCC(F)(F)F. The third-order valence-corrected chi connectivity index (χ3v) is 2.20. The number of nitrogens with one attached hydrogen (secondary N) is 2. The quantitative estimate of drug-likeness (QED) is 0.712. The van der Waals surface area contributed by atoms with Gasteiger partial charge in [0.25, 0.3) is 0 Å². The Morgan fingerprint density at radius 3 is 1.82 bits per heavy atom. The highest BCUT2D eigenvalue weighted by Crippen LogP contribution is 2.26. The van der Waals surface area contributed by atoms with Gasteiger partial charge in [-0.3, -0.25) is 0 Å². The number of rotatable bonds is 6. The van der Waals surface area contributed by atoms with Gasteiger partial charge in [-0.2, -0.15) is 13.2 Å². The van der Waals surface area contributed by atoms with Crippen molar-refractivity contribution < 1.29 is 13.2 Å². The predicted octanol–water partition coefficient (Wildman–Crippen LogP) is 2.94. The summed E-state index contributed by atoms with van der Waals surface area (Å²) < 4.78 is 35.6. The second kappa shape index (κ2) is 6.05. The van der Waals surface area contributed by atoms with Crippen molar-refractivity contribution >= 4 is 0 Å². The molecular weight excluding hydrogens is 229 g/mol. The average molecular weight is 254 g/mol. The third-order valence-electron chi connectivity index (χ3n) is 2.20. The van der Waals surface area contributed by atoms with Gasteiger partial charge in [0.15, 0.2) is 0 Å². The van der Waals surface area contributed by atoms with E-state index in [1.54, 1.807) is 0 Å². The van der Waals surface area contributed by atoms with Crippen molar-refractivity contribution in [3.8, 4) is 0 Å². The molecule has 0 rings (SSSR count). The van der Waals surface area contributed by atoms with Crippen LogP contribution in [-0.2, 0) is 0 Å². The molecule has 0 bridgehead atoms. The van der Waals surface area contributed by atoms with Gasteiger partial charge in [-0.1, -0.05) is 20.8 Å². The van der Waals surface area contributed by atoms with E-state index < -0.39 is 12.7 Å². The van der Waals surface area contributed by atoms with Crippen LogP contribution in [0.25, 0.3) is 0 Å². The van der Waals surface area contributed by atoms with Crippen LogP contribution in [0.2, 0.25) is 0 Å². The normalized spacial score (nSPS) is 14.1. The topological polar surface area (TPSA) is 24.1 Å². The minimum absolute atomic E-state index is 0.0574. The lowest BCUT2D eigenvalue weighted by Gasteiger charge is -2.33. The molecular formula is C12H25F3N2. The van der Waals surface area contributed by atoms with Gasteiger partial charge in [-0.15, -0.1) is 0 Å². The van der Waals surface area contributed by atoms with Crippen molar-refractivity contribution in [2.45, 2.75) is 52.8 Å². The summed E-state index contributed by atoms with van der Waals surface area (Å²) in [6, 6.07) is 0. The molecule has 0 aromatic carbocycles. The minimum Gasteiger partial charge on any atom is -0.311 e. The Balaban J connectivity index is 3.74. The molecule has 0 aliphatic heterocycles. The minimum atomic E-state index is -4.12. The van der Waals surface area contributed by atoms with Gasteiger partial charge < -0.3 is 10.6 Å². The first-order valence-electron chi connectivity index (χ1n) is 5.94. The van der Waals surface area contributed by atoms with Crippen LogP contribution in [0.3, 0.4) is 0 Å². The van der Waals surface area contributed by atoms with E-state index in [1.807, 2.05) is 0 Å². The number of hydrogen-bond acceptors (Lipinski definition) is 2. The highest BCUT2D eigenvalue weighted by atomic mass is 19.4. The molecule has 0 aromatic rings. The van der Waals surface area contributed by atoms with Gasteiger partial charge >= 0.3 is 6.18 Å². The zero-order valence-corrected chi connectivity index (χ0v) is 11.5. The van der Waals surface area contributed by atoms with Crippen LogP contribution < -0.4 is 10.6 Å². The van der Waals surface area contributed by atoms with Gasteiger partial charge in [-0.05, 0) is 25.7 Å². The fourth-order valence-electron chi connectivity index (χ4n) is 2.11. The van der Waals surface area contributed by atoms with E-state index in [1.165, 1.54) is 0 Å². The molecule has 104 valence electrons. The van der Waals surface area contributed by atoms with Crippen LogP contribution in [0.5, 0.6) is 0 Å². The van der Waals surface area contributed by atoms with Gasteiger partial charge in [0.2, 0.25) is 0 Å². The first-order chi connectivity index (χ1) is 7.41. The maximum absolute atomic E-state index is 11.9. The monoisotopic (exact) mass is 254 g/mol. The molecule has 0 atom stereocenters. The summed E-state index contributed by atoms with van der Waals surface area (Å²) >= 11 is 0. The van der Waals surface area contributed by atoms with E-state index in [2.05, 4.69) is 45.3 Å². The van der Waals surface area contributed by atoms with Gasteiger partial charge in [0, 0.05) is 18.6 Å². The summed E-state index contributed by atoms with van der Waals surface area (Å²) in [6.45, 7) is 10.5. The molecule has 0 aliphatic carbocycles. The Labute approximate surface area is 102 Å². The zero-order valence-electron chi connectivity index (χ0n) is 11.5. The highest BCUT2D eigenvalue weighted by molar-refractivity contribution is 4.83. The number of halogens is 3. The molecule has 0 heterocycles. The Bertz CT molecular complexity index is 217. The molecule has 0 aliphatic rings. The van der Waals surface area contributed by atoms with Crippen molar-refractivity contribution in [1.29, 1.82) is 0 Å². The summed E-state index contributed by atoms with van der Waals surface area (Å²) in [7, 11) is 0. The van der Waals surface area contributed by atoms with E-state index in [4.69, 9.17) is 0 Å². The summed E-state index contributed by atoms with van der Waals surface area (Å²) in [4.78, 5) is 0. The fourth-order valence-corrected chi connectivity index (χ4v) is 2.11. The Morgan fingerprint density at radius 1 is 0.882 bits per heavy atom. The van der Waals surface area contributed by atoms with Crippen molar-refractivity contribution in [2.24, 2.45) is 5.41 Å². The standard InChI is InChI=1S/C12H25F3N2/c1-10(2,3)8-11(4,5)17-7-6-16-9-12(13,14)15/h16-17H,6-9H2,1-5H3. The lowest BCUT2D eigenvalue weighted by atomic mass is 9.82. The first-order valence-corrected chi connectivity index (χ1v) is 5.94. The maximum atomic E-state index is 11.9. The highest BCUT2D eigenvalue weighted by Gasteiger charge is 2.27. The summed E-state index contributed by atoms with van der Waals surface area (Å²) in [5.41, 5.74) is 0.147. The molecule has 17 heavy (non-hydrogen) atoms. The molecule has 0 aromatic heterocycles. The van der Waals surface area contributed by atoms with E-state index >= 15 is 0 Å². The first kappa shape index (κ1) is 16.7. The zero-order chi connectivity index (χ0) is 13.7. The fraction of sp³-hybridized carbons (Fsp3) is 1.00. The summed E-state index contributed by atoms with van der Waals surface area (Å²) in [5.74, 6) is 0. The molecule has 0 amide bonds. The van der Waals surface area contributed by atoms with Crippen molar-refractivity contribution in [1.82, 2.24) is 10.6 Å². The number of alkyl halides is 3. The third kappa shape index (κ3) is 12.0. The lowest BCUT2D eigenvalue weighted by molar-refractivity contribution is -0.124. The Hall–Kier alpha value is -0.290. The van der Waals surface area contributed by atoms with Crippen molar-refractivity contribution in [2.75, 3.05) is 19.6 Å². The van der Waals surface area contributed by atoms with Gasteiger partial charge in [0.05, 0.1) is 6.54 Å². The van der Waals surface area contributed by atoms with E-state index in [0.29, 0.717) is 13.1 Å². The largest absolute Gasteiger partial charge is 0.401 e. The second-order valence-corrected chi connectivity index (χ2v) is 6.34. The van der Waals surface area contributed by atoms with Crippen molar-refractivity contribution in [3.63, 3.8) is 0 Å². The van der Waals surface area contributed by atoms with Crippen LogP contribution in [0.1, 0.15) is 41.0 Å². The molecule has 0 saturated heterocycles. The lowest BCUT2D eigenvalue weighted by Crippen LogP contribution is -2.45.